The van der Waals surface area contributed by atoms with Crippen molar-refractivity contribution in [2.24, 2.45) is 0 Å². The maximum atomic E-state index is 13.6. The zero-order valence-electron chi connectivity index (χ0n) is 21.2. The molecule has 0 saturated carbocycles. The molecule has 0 aliphatic heterocycles. The Morgan fingerprint density at radius 1 is 0.946 bits per heavy atom. The van der Waals surface area contributed by atoms with Crippen molar-refractivity contribution < 1.29 is 14.0 Å². The second-order valence-electron chi connectivity index (χ2n) is 8.90. The molecule has 0 aliphatic rings. The van der Waals surface area contributed by atoms with Gasteiger partial charge in [-0.05, 0) is 66.1 Å². The highest BCUT2D eigenvalue weighted by atomic mass is 35.5. The third-order valence-corrected chi connectivity index (χ3v) is 7.33. The van der Waals surface area contributed by atoms with Crippen LogP contribution in [0.5, 0.6) is 0 Å². The fourth-order valence-electron chi connectivity index (χ4n) is 3.93. The number of unbranched alkanes of at least 4 members (excludes halogenated alkanes) is 1. The minimum atomic E-state index is -0.666. The van der Waals surface area contributed by atoms with E-state index in [4.69, 9.17) is 11.6 Å². The summed E-state index contributed by atoms with van der Waals surface area (Å²) in [4.78, 5) is 29.7. The molecule has 37 heavy (non-hydrogen) atoms. The number of halogens is 2. The average molecular weight is 541 g/mol. The molecular formula is C30H34ClFN2O2S. The first-order valence-electron chi connectivity index (χ1n) is 12.7. The number of hydrogen-bond acceptors (Lipinski definition) is 3. The van der Waals surface area contributed by atoms with Gasteiger partial charge in [0.2, 0.25) is 11.8 Å². The Bertz CT molecular complexity index is 1110. The fourth-order valence-corrected chi connectivity index (χ4v) is 4.91. The molecule has 2 amide bonds. The molecule has 0 aromatic heterocycles. The van der Waals surface area contributed by atoms with Gasteiger partial charge in [-0.3, -0.25) is 9.59 Å². The Kier molecular flexibility index (Phi) is 12.0. The van der Waals surface area contributed by atoms with Crippen LogP contribution in [0.4, 0.5) is 4.39 Å². The smallest absolute Gasteiger partial charge is 0.243 e. The molecule has 0 heterocycles. The summed E-state index contributed by atoms with van der Waals surface area (Å²) in [6, 6.07) is 22.8. The van der Waals surface area contributed by atoms with Gasteiger partial charge >= 0.3 is 0 Å². The van der Waals surface area contributed by atoms with Crippen LogP contribution in [0.25, 0.3) is 0 Å². The number of nitrogens with one attached hydrogen (secondary N) is 1. The van der Waals surface area contributed by atoms with Crippen molar-refractivity contribution in [2.45, 2.75) is 56.5 Å². The minimum Gasteiger partial charge on any atom is -0.354 e. The Hall–Kier alpha value is -2.83. The monoisotopic (exact) mass is 540 g/mol. The third-order valence-electron chi connectivity index (χ3n) is 5.98. The van der Waals surface area contributed by atoms with Crippen LogP contribution in [0.1, 0.15) is 43.7 Å². The summed E-state index contributed by atoms with van der Waals surface area (Å²) in [6.45, 7) is 2.87. The largest absolute Gasteiger partial charge is 0.354 e. The van der Waals surface area contributed by atoms with Crippen LogP contribution in [0, 0.1) is 5.82 Å². The molecule has 4 nitrogen and oxygen atoms in total. The number of benzene rings is 3. The summed E-state index contributed by atoms with van der Waals surface area (Å²) in [6.07, 6.45) is 3.23. The van der Waals surface area contributed by atoms with Crippen LogP contribution in [0.2, 0.25) is 5.02 Å². The second kappa shape index (κ2) is 15.4. The fraction of sp³-hybridized carbons (Fsp3) is 0.333. The summed E-state index contributed by atoms with van der Waals surface area (Å²) in [5.41, 5.74) is 1.76. The predicted molar refractivity (Wildman–Crippen MR) is 150 cm³/mol. The minimum absolute atomic E-state index is 0.0902. The van der Waals surface area contributed by atoms with Crippen molar-refractivity contribution in [3.63, 3.8) is 0 Å². The van der Waals surface area contributed by atoms with E-state index in [1.165, 1.54) is 12.1 Å². The van der Waals surface area contributed by atoms with Crippen LogP contribution in [0.15, 0.2) is 83.8 Å². The van der Waals surface area contributed by atoms with Crippen molar-refractivity contribution >= 4 is 35.2 Å². The first kappa shape index (κ1) is 28.7. The summed E-state index contributed by atoms with van der Waals surface area (Å²) in [5, 5.41) is 3.71. The SMILES string of the molecule is CCCCNC(=O)[C@@H](Cc1ccccc1)N(Cc1ccc(F)cc1)C(=O)CCCSc1ccc(Cl)cc1. The van der Waals surface area contributed by atoms with Gasteiger partial charge in [0.15, 0.2) is 0 Å². The lowest BCUT2D eigenvalue weighted by Crippen LogP contribution is -2.50. The molecule has 0 unspecified atom stereocenters. The maximum absolute atomic E-state index is 13.6. The van der Waals surface area contributed by atoms with E-state index in [1.807, 2.05) is 54.6 Å². The molecule has 0 aliphatic carbocycles. The standard InChI is InChI=1S/C30H34ClFN2O2S/c1-2-3-19-33-30(36)28(21-23-8-5-4-6-9-23)34(22-24-11-15-26(32)16-12-24)29(35)10-7-20-37-27-17-13-25(31)14-18-27/h4-6,8-9,11-18,28H,2-3,7,10,19-22H2,1H3,(H,33,36)/t28-/m1/s1. The van der Waals surface area contributed by atoms with Gasteiger partial charge in [0.1, 0.15) is 11.9 Å². The summed E-state index contributed by atoms with van der Waals surface area (Å²) < 4.78 is 13.5. The van der Waals surface area contributed by atoms with Crippen molar-refractivity contribution in [3.8, 4) is 0 Å². The Morgan fingerprint density at radius 3 is 2.32 bits per heavy atom. The van der Waals surface area contributed by atoms with Crippen LogP contribution in [-0.2, 0) is 22.6 Å². The Morgan fingerprint density at radius 2 is 1.65 bits per heavy atom. The number of thioether (sulfide) groups is 1. The number of nitrogens with zero attached hydrogens (tertiary/aromatic N) is 1. The van der Waals surface area contributed by atoms with Crippen molar-refractivity contribution in [1.29, 1.82) is 0 Å². The van der Waals surface area contributed by atoms with Gasteiger partial charge in [0.25, 0.3) is 0 Å². The molecule has 0 spiro atoms. The van der Waals surface area contributed by atoms with Gasteiger partial charge in [-0.25, -0.2) is 4.39 Å². The lowest BCUT2D eigenvalue weighted by atomic mass is 10.0. The average Bonchev–Trinajstić information content (AvgIpc) is 2.91. The highest BCUT2D eigenvalue weighted by molar-refractivity contribution is 7.99. The van der Waals surface area contributed by atoms with Gasteiger partial charge in [-0.2, -0.15) is 0 Å². The Labute approximate surface area is 228 Å². The van der Waals surface area contributed by atoms with Gasteiger partial charge in [0, 0.05) is 35.8 Å². The first-order chi connectivity index (χ1) is 18.0. The summed E-state index contributed by atoms with van der Waals surface area (Å²) >= 11 is 7.63. The molecular weight excluding hydrogens is 507 g/mol. The number of carbonyl (C=O) groups is 2. The molecule has 0 saturated heterocycles. The number of carbonyl (C=O) groups excluding carboxylic acids is 2. The molecule has 0 radical (unpaired) electrons. The van der Waals surface area contributed by atoms with Crippen LogP contribution in [0.3, 0.4) is 0 Å². The van der Waals surface area contributed by atoms with Crippen LogP contribution < -0.4 is 5.32 Å². The quantitative estimate of drug-likeness (QED) is 0.178. The Balaban J connectivity index is 1.76. The van der Waals surface area contributed by atoms with E-state index in [-0.39, 0.29) is 24.2 Å². The maximum Gasteiger partial charge on any atom is 0.243 e. The number of hydrogen-bond donors (Lipinski definition) is 1. The molecule has 0 fully saturated rings. The van der Waals surface area contributed by atoms with Gasteiger partial charge in [-0.15, -0.1) is 11.8 Å². The molecule has 7 heteroatoms. The van der Waals surface area contributed by atoms with Crippen molar-refractivity contribution in [3.05, 3.63) is 101 Å². The number of amides is 2. The third kappa shape index (κ3) is 9.86. The molecule has 0 bridgehead atoms. The van der Waals surface area contributed by atoms with Gasteiger partial charge in [-0.1, -0.05) is 67.4 Å². The van der Waals surface area contributed by atoms with E-state index in [0.29, 0.717) is 30.8 Å². The normalized spacial score (nSPS) is 11.6. The molecule has 3 aromatic carbocycles. The highest BCUT2D eigenvalue weighted by Gasteiger charge is 2.30. The van der Waals surface area contributed by atoms with Crippen molar-refractivity contribution in [1.82, 2.24) is 10.2 Å². The van der Waals surface area contributed by atoms with E-state index in [0.717, 1.165) is 34.6 Å². The van der Waals surface area contributed by atoms with Gasteiger partial charge < -0.3 is 10.2 Å². The first-order valence-corrected chi connectivity index (χ1v) is 14.1. The zero-order chi connectivity index (χ0) is 26.5. The van der Waals surface area contributed by atoms with E-state index in [1.54, 1.807) is 28.8 Å². The van der Waals surface area contributed by atoms with Crippen LogP contribution in [-0.4, -0.2) is 35.1 Å². The zero-order valence-corrected chi connectivity index (χ0v) is 22.7. The summed E-state index contributed by atoms with van der Waals surface area (Å²) in [5.74, 6) is 0.180. The molecule has 1 atom stereocenters. The molecule has 196 valence electrons. The second-order valence-corrected chi connectivity index (χ2v) is 10.5. The van der Waals surface area contributed by atoms with E-state index >= 15 is 0 Å². The number of rotatable bonds is 14. The molecule has 1 N–H and O–H groups in total. The van der Waals surface area contributed by atoms with Gasteiger partial charge in [0.05, 0.1) is 0 Å². The van der Waals surface area contributed by atoms with Crippen molar-refractivity contribution in [2.75, 3.05) is 12.3 Å². The lowest BCUT2D eigenvalue weighted by molar-refractivity contribution is -0.141. The van der Waals surface area contributed by atoms with E-state index in [9.17, 15) is 14.0 Å². The highest BCUT2D eigenvalue weighted by Crippen LogP contribution is 2.22. The molecule has 3 rings (SSSR count). The van der Waals surface area contributed by atoms with E-state index in [2.05, 4.69) is 12.2 Å². The molecule has 3 aromatic rings. The lowest BCUT2D eigenvalue weighted by Gasteiger charge is -2.31. The van der Waals surface area contributed by atoms with E-state index < -0.39 is 6.04 Å². The summed E-state index contributed by atoms with van der Waals surface area (Å²) in [7, 11) is 0. The topological polar surface area (TPSA) is 49.4 Å². The predicted octanol–water partition coefficient (Wildman–Crippen LogP) is 6.91. The van der Waals surface area contributed by atoms with Crippen LogP contribution >= 0.6 is 23.4 Å².